The van der Waals surface area contributed by atoms with Crippen molar-refractivity contribution in [3.63, 3.8) is 0 Å². The molecule has 0 heterocycles. The van der Waals surface area contributed by atoms with Crippen LogP contribution in [0.25, 0.3) is 0 Å². The van der Waals surface area contributed by atoms with Gasteiger partial charge in [-0.05, 0) is 89.9 Å². The van der Waals surface area contributed by atoms with Crippen LogP contribution in [0.4, 0.5) is 0 Å². The SMILES string of the molecule is CC/C=C\C/C=C\C/C=C\C/C=C\C/C=C\CCC(=O)OC(COC(=O)CCCCC/C=C\C/C=C\C/C=C\C/C=C\CC)COC(=O)CCCCCCCCCCCCCCCCCCCC. The van der Waals surface area contributed by atoms with Gasteiger partial charge in [0.25, 0.3) is 0 Å². The summed E-state index contributed by atoms with van der Waals surface area (Å²) in [5.74, 6) is -1.03. The molecule has 0 N–H and O–H groups in total. The molecule has 1 atom stereocenters. The average molecular weight is 943 g/mol. The van der Waals surface area contributed by atoms with Gasteiger partial charge in [0.05, 0.1) is 0 Å². The van der Waals surface area contributed by atoms with Crippen LogP contribution < -0.4 is 0 Å². The van der Waals surface area contributed by atoms with Gasteiger partial charge in [-0.1, -0.05) is 246 Å². The minimum absolute atomic E-state index is 0.118. The number of esters is 3. The van der Waals surface area contributed by atoms with E-state index in [0.29, 0.717) is 19.3 Å². The topological polar surface area (TPSA) is 78.9 Å². The summed E-state index contributed by atoms with van der Waals surface area (Å²) in [6.45, 7) is 6.33. The Labute approximate surface area is 419 Å². The van der Waals surface area contributed by atoms with Crippen LogP contribution in [0, 0.1) is 0 Å². The van der Waals surface area contributed by atoms with E-state index in [1.165, 1.54) is 96.3 Å². The van der Waals surface area contributed by atoms with Crippen molar-refractivity contribution in [3.05, 3.63) is 109 Å². The largest absolute Gasteiger partial charge is 0.462 e. The second-order valence-electron chi connectivity index (χ2n) is 18.1. The molecule has 0 amide bonds. The number of ether oxygens (including phenoxy) is 3. The summed E-state index contributed by atoms with van der Waals surface area (Å²) in [5, 5.41) is 0. The maximum Gasteiger partial charge on any atom is 0.306 e. The van der Waals surface area contributed by atoms with Gasteiger partial charge in [-0.2, -0.15) is 0 Å². The van der Waals surface area contributed by atoms with Crippen molar-refractivity contribution < 1.29 is 28.6 Å². The Morgan fingerprint density at radius 3 is 0.956 bits per heavy atom. The van der Waals surface area contributed by atoms with E-state index in [2.05, 4.69) is 118 Å². The van der Waals surface area contributed by atoms with Crippen molar-refractivity contribution in [2.24, 2.45) is 0 Å². The van der Waals surface area contributed by atoms with Crippen molar-refractivity contribution in [3.8, 4) is 0 Å². The molecule has 0 aromatic heterocycles. The normalized spacial score (nSPS) is 12.9. The third kappa shape index (κ3) is 53.0. The van der Waals surface area contributed by atoms with Gasteiger partial charge in [-0.25, -0.2) is 0 Å². The number of unbranched alkanes of at least 4 members (excludes halogenated alkanes) is 20. The van der Waals surface area contributed by atoms with E-state index < -0.39 is 12.1 Å². The van der Waals surface area contributed by atoms with Crippen LogP contribution in [-0.4, -0.2) is 37.2 Å². The highest BCUT2D eigenvalue weighted by atomic mass is 16.6. The van der Waals surface area contributed by atoms with Gasteiger partial charge >= 0.3 is 17.9 Å². The summed E-state index contributed by atoms with van der Waals surface area (Å²) < 4.78 is 16.7. The molecule has 0 aliphatic carbocycles. The number of allylic oxidation sites excluding steroid dienone is 18. The molecule has 0 rings (SSSR count). The summed E-state index contributed by atoms with van der Waals surface area (Å²) in [4.78, 5) is 38.1. The first kappa shape index (κ1) is 64.1. The zero-order chi connectivity index (χ0) is 49.3. The summed E-state index contributed by atoms with van der Waals surface area (Å²) in [7, 11) is 0. The molecule has 0 aromatic rings. The zero-order valence-corrected chi connectivity index (χ0v) is 44.1. The number of rotatable bonds is 49. The van der Waals surface area contributed by atoms with Crippen molar-refractivity contribution in [1.82, 2.24) is 0 Å². The number of hydrogen-bond donors (Lipinski definition) is 0. The molecule has 0 saturated heterocycles. The molecule has 6 nitrogen and oxygen atoms in total. The maximum atomic E-state index is 12.8. The zero-order valence-electron chi connectivity index (χ0n) is 44.1. The average Bonchev–Trinajstić information content (AvgIpc) is 3.34. The highest BCUT2D eigenvalue weighted by Gasteiger charge is 2.19. The lowest BCUT2D eigenvalue weighted by Gasteiger charge is -2.18. The smallest absolute Gasteiger partial charge is 0.306 e. The number of carbonyl (C=O) groups excluding carboxylic acids is 3. The fourth-order valence-corrected chi connectivity index (χ4v) is 7.42. The molecule has 386 valence electrons. The Morgan fingerprint density at radius 1 is 0.309 bits per heavy atom. The van der Waals surface area contributed by atoms with Gasteiger partial charge in [-0.15, -0.1) is 0 Å². The predicted octanol–water partition coefficient (Wildman–Crippen LogP) is 18.7. The molecule has 0 aliphatic heterocycles. The fraction of sp³-hybridized carbons (Fsp3) is 0.661. The predicted molar refractivity (Wildman–Crippen MR) is 293 cm³/mol. The second kappa shape index (κ2) is 55.7. The van der Waals surface area contributed by atoms with Crippen LogP contribution in [-0.2, 0) is 28.6 Å². The Balaban J connectivity index is 4.52. The van der Waals surface area contributed by atoms with Gasteiger partial charge < -0.3 is 14.2 Å². The summed E-state index contributed by atoms with van der Waals surface area (Å²) >= 11 is 0. The Morgan fingerprint density at radius 2 is 0.603 bits per heavy atom. The Kier molecular flexibility index (Phi) is 52.4. The van der Waals surface area contributed by atoms with E-state index in [9.17, 15) is 14.4 Å². The first-order valence-corrected chi connectivity index (χ1v) is 27.9. The minimum atomic E-state index is -0.831. The molecule has 0 spiro atoms. The molecule has 0 aliphatic rings. The van der Waals surface area contributed by atoms with E-state index in [1.54, 1.807) is 0 Å². The Hall–Kier alpha value is -3.93. The van der Waals surface area contributed by atoms with Gasteiger partial charge in [0, 0.05) is 19.3 Å². The minimum Gasteiger partial charge on any atom is -0.462 e. The lowest BCUT2D eigenvalue weighted by atomic mass is 10.0. The molecular formula is C62H102O6. The van der Waals surface area contributed by atoms with Gasteiger partial charge in [-0.3, -0.25) is 14.4 Å². The van der Waals surface area contributed by atoms with Crippen LogP contribution >= 0.6 is 0 Å². The highest BCUT2D eigenvalue weighted by molar-refractivity contribution is 5.71. The van der Waals surface area contributed by atoms with Gasteiger partial charge in [0.2, 0.25) is 0 Å². The van der Waals surface area contributed by atoms with E-state index in [0.717, 1.165) is 103 Å². The molecule has 6 heteroatoms. The van der Waals surface area contributed by atoms with E-state index in [1.807, 2.05) is 12.2 Å². The molecule has 68 heavy (non-hydrogen) atoms. The van der Waals surface area contributed by atoms with Crippen molar-refractivity contribution >= 4 is 17.9 Å². The summed E-state index contributed by atoms with van der Waals surface area (Å²) in [5.41, 5.74) is 0. The van der Waals surface area contributed by atoms with Crippen LogP contribution in [0.15, 0.2) is 109 Å². The summed E-state index contributed by atoms with van der Waals surface area (Å²) in [6, 6.07) is 0. The molecular weight excluding hydrogens is 841 g/mol. The molecule has 0 aromatic carbocycles. The summed E-state index contributed by atoms with van der Waals surface area (Å²) in [6.07, 6.45) is 75.2. The Bertz CT molecular complexity index is 1410. The lowest BCUT2D eigenvalue weighted by Crippen LogP contribution is -2.30. The van der Waals surface area contributed by atoms with Crippen LogP contribution in [0.3, 0.4) is 0 Å². The first-order chi connectivity index (χ1) is 33.5. The maximum absolute atomic E-state index is 12.8. The van der Waals surface area contributed by atoms with Gasteiger partial charge in [0.15, 0.2) is 6.10 Å². The number of carbonyl (C=O) groups is 3. The van der Waals surface area contributed by atoms with Crippen molar-refractivity contribution in [2.75, 3.05) is 13.2 Å². The molecule has 0 fully saturated rings. The lowest BCUT2D eigenvalue weighted by molar-refractivity contribution is -0.166. The molecule has 0 bridgehead atoms. The standard InChI is InChI=1S/C62H102O6/c1-4-7-10-13-16-19-22-25-28-31-32-35-37-40-43-46-49-52-55-61(64)67-58-59(68-62(65)56-53-50-47-44-41-38-34-30-27-24-21-18-15-12-9-6-3)57-66-60(63)54-51-48-45-42-39-36-33-29-26-23-20-17-14-11-8-5-2/h8-9,11-12,17-18,20-21,26-27,29-30,36,38-39,41,47,50,59H,4-7,10,13-16,19,22-25,28,31-35,37,40,42-46,48-49,51-58H2,1-3H3/b11-8-,12-9-,20-17-,21-18-,29-26-,30-27-,39-36-,41-38-,50-47-. The van der Waals surface area contributed by atoms with Crippen LogP contribution in [0.1, 0.15) is 245 Å². The molecule has 0 radical (unpaired) electrons. The van der Waals surface area contributed by atoms with Crippen LogP contribution in [0.5, 0.6) is 0 Å². The molecule has 0 saturated carbocycles. The van der Waals surface area contributed by atoms with E-state index in [-0.39, 0.29) is 31.6 Å². The van der Waals surface area contributed by atoms with Gasteiger partial charge in [0.1, 0.15) is 13.2 Å². The quantitative estimate of drug-likeness (QED) is 0.0262. The third-order valence-electron chi connectivity index (χ3n) is 11.5. The van der Waals surface area contributed by atoms with E-state index in [4.69, 9.17) is 14.2 Å². The van der Waals surface area contributed by atoms with Crippen molar-refractivity contribution in [1.29, 1.82) is 0 Å². The van der Waals surface area contributed by atoms with E-state index >= 15 is 0 Å². The third-order valence-corrected chi connectivity index (χ3v) is 11.5. The first-order valence-electron chi connectivity index (χ1n) is 27.9. The molecule has 1 unspecified atom stereocenters. The van der Waals surface area contributed by atoms with Crippen molar-refractivity contribution in [2.45, 2.75) is 252 Å². The fourth-order valence-electron chi connectivity index (χ4n) is 7.42. The second-order valence-corrected chi connectivity index (χ2v) is 18.1. The number of hydrogen-bond acceptors (Lipinski definition) is 6. The van der Waals surface area contributed by atoms with Crippen LogP contribution in [0.2, 0.25) is 0 Å². The highest BCUT2D eigenvalue weighted by Crippen LogP contribution is 2.15. The monoisotopic (exact) mass is 943 g/mol.